The van der Waals surface area contributed by atoms with Gasteiger partial charge < -0.3 is 4.74 Å². The minimum Gasteiger partial charge on any atom is -0.494 e. The Bertz CT molecular complexity index is 654. The molecule has 0 aliphatic carbocycles. The van der Waals surface area contributed by atoms with Gasteiger partial charge in [0, 0.05) is 12.1 Å². The Morgan fingerprint density at radius 1 is 1.27 bits per heavy atom. The molecule has 0 aliphatic heterocycles. The molecule has 0 atom stereocenters. The van der Waals surface area contributed by atoms with Crippen molar-refractivity contribution >= 4 is 17.6 Å². The second-order valence-electron chi connectivity index (χ2n) is 4.59. The van der Waals surface area contributed by atoms with Crippen molar-refractivity contribution in [2.45, 2.75) is 13.3 Å². The molecule has 2 aromatic carbocycles. The number of nitro benzene ring substituents is 1. The van der Waals surface area contributed by atoms with Gasteiger partial charge in [-0.05, 0) is 36.2 Å². The molecule has 6 heteroatoms. The van der Waals surface area contributed by atoms with E-state index in [1.165, 1.54) is 12.1 Å². The highest BCUT2D eigenvalue weighted by Crippen LogP contribution is 2.15. The van der Waals surface area contributed by atoms with Crippen LogP contribution in [-0.4, -0.2) is 17.7 Å². The predicted octanol–water partition coefficient (Wildman–Crippen LogP) is 3.83. The highest BCUT2D eigenvalue weighted by Gasteiger charge is 2.02. The molecule has 0 saturated carbocycles. The zero-order valence-electron chi connectivity index (χ0n) is 12.2. The topological polar surface area (TPSA) is 76.8 Å². The highest BCUT2D eigenvalue weighted by atomic mass is 16.6. The molecule has 0 spiro atoms. The summed E-state index contributed by atoms with van der Waals surface area (Å²) in [6, 6.07) is 13.7. The SMILES string of the molecule is CCCOc1cccc(/C=N/Nc2ccc([N+](=O)[O-])cc2)c1. The third-order valence-electron chi connectivity index (χ3n) is 2.82. The summed E-state index contributed by atoms with van der Waals surface area (Å²) in [7, 11) is 0. The van der Waals surface area contributed by atoms with Gasteiger partial charge in [-0.25, -0.2) is 0 Å². The van der Waals surface area contributed by atoms with Gasteiger partial charge in [-0.15, -0.1) is 0 Å². The molecule has 22 heavy (non-hydrogen) atoms. The number of anilines is 1. The molecule has 0 bridgehead atoms. The third-order valence-corrected chi connectivity index (χ3v) is 2.82. The normalized spacial score (nSPS) is 10.6. The third kappa shape index (κ3) is 4.59. The van der Waals surface area contributed by atoms with Crippen molar-refractivity contribution in [2.24, 2.45) is 5.10 Å². The molecule has 114 valence electrons. The molecule has 1 N–H and O–H groups in total. The number of hydrazone groups is 1. The Morgan fingerprint density at radius 2 is 2.05 bits per heavy atom. The van der Waals surface area contributed by atoms with Crippen molar-refractivity contribution in [3.05, 3.63) is 64.2 Å². The van der Waals surface area contributed by atoms with Crippen molar-refractivity contribution < 1.29 is 9.66 Å². The lowest BCUT2D eigenvalue weighted by Gasteiger charge is -2.04. The van der Waals surface area contributed by atoms with Crippen LogP contribution in [0.2, 0.25) is 0 Å². The molecule has 0 heterocycles. The Hall–Kier alpha value is -2.89. The first kappa shape index (κ1) is 15.5. The van der Waals surface area contributed by atoms with E-state index in [0.29, 0.717) is 12.3 Å². The maximum absolute atomic E-state index is 10.6. The number of hydrogen-bond donors (Lipinski definition) is 1. The van der Waals surface area contributed by atoms with Gasteiger partial charge in [0.15, 0.2) is 0 Å². The molecule has 2 aromatic rings. The van der Waals surface area contributed by atoms with Crippen molar-refractivity contribution in [2.75, 3.05) is 12.0 Å². The van der Waals surface area contributed by atoms with Crippen molar-refractivity contribution in [3.63, 3.8) is 0 Å². The van der Waals surface area contributed by atoms with Gasteiger partial charge >= 0.3 is 0 Å². The fraction of sp³-hybridized carbons (Fsp3) is 0.188. The molecular weight excluding hydrogens is 282 g/mol. The molecule has 0 fully saturated rings. The fourth-order valence-corrected chi connectivity index (χ4v) is 1.74. The summed E-state index contributed by atoms with van der Waals surface area (Å²) in [6.07, 6.45) is 2.63. The van der Waals surface area contributed by atoms with E-state index in [9.17, 15) is 10.1 Å². The molecule has 0 aliphatic rings. The fourth-order valence-electron chi connectivity index (χ4n) is 1.74. The van der Waals surface area contributed by atoms with Gasteiger partial charge in [0.1, 0.15) is 5.75 Å². The van der Waals surface area contributed by atoms with Crippen LogP contribution >= 0.6 is 0 Å². The number of ether oxygens (including phenoxy) is 1. The Labute approximate surface area is 128 Å². The summed E-state index contributed by atoms with van der Waals surface area (Å²) in [6.45, 7) is 2.74. The smallest absolute Gasteiger partial charge is 0.269 e. The van der Waals surface area contributed by atoms with Crippen LogP contribution < -0.4 is 10.2 Å². The van der Waals surface area contributed by atoms with Crippen LogP contribution in [0.1, 0.15) is 18.9 Å². The lowest BCUT2D eigenvalue weighted by Crippen LogP contribution is -1.96. The summed E-state index contributed by atoms with van der Waals surface area (Å²) in [5, 5.41) is 14.7. The average Bonchev–Trinajstić information content (AvgIpc) is 2.54. The van der Waals surface area contributed by atoms with E-state index in [2.05, 4.69) is 17.5 Å². The first-order valence-electron chi connectivity index (χ1n) is 6.95. The van der Waals surface area contributed by atoms with Crippen molar-refractivity contribution in [1.82, 2.24) is 0 Å². The van der Waals surface area contributed by atoms with E-state index in [-0.39, 0.29) is 5.69 Å². The van der Waals surface area contributed by atoms with Gasteiger partial charge in [0.2, 0.25) is 0 Å². The highest BCUT2D eigenvalue weighted by molar-refractivity contribution is 5.80. The van der Waals surface area contributed by atoms with Gasteiger partial charge in [-0.3, -0.25) is 15.5 Å². The molecular formula is C16H17N3O3. The van der Waals surface area contributed by atoms with Gasteiger partial charge in [-0.1, -0.05) is 19.1 Å². The minimum atomic E-state index is -0.436. The van der Waals surface area contributed by atoms with E-state index < -0.39 is 4.92 Å². The van der Waals surface area contributed by atoms with Crippen LogP contribution in [0.4, 0.5) is 11.4 Å². The minimum absolute atomic E-state index is 0.0512. The quantitative estimate of drug-likeness (QED) is 0.479. The molecule has 0 aromatic heterocycles. The Morgan fingerprint density at radius 3 is 2.73 bits per heavy atom. The van der Waals surface area contributed by atoms with Gasteiger partial charge in [0.25, 0.3) is 5.69 Å². The molecule has 0 saturated heterocycles. The van der Waals surface area contributed by atoms with E-state index in [4.69, 9.17) is 4.74 Å². The Kier molecular flexibility index (Phi) is 5.48. The number of nitrogens with one attached hydrogen (secondary N) is 1. The van der Waals surface area contributed by atoms with E-state index in [1.807, 2.05) is 24.3 Å². The molecule has 6 nitrogen and oxygen atoms in total. The summed E-state index contributed by atoms with van der Waals surface area (Å²) < 4.78 is 5.55. The summed E-state index contributed by atoms with van der Waals surface area (Å²) >= 11 is 0. The number of nitrogens with zero attached hydrogens (tertiary/aromatic N) is 2. The predicted molar refractivity (Wildman–Crippen MR) is 86.5 cm³/mol. The number of rotatable bonds is 7. The summed E-state index contributed by atoms with van der Waals surface area (Å²) in [4.78, 5) is 10.1. The first-order chi connectivity index (χ1) is 10.7. The maximum Gasteiger partial charge on any atom is 0.269 e. The van der Waals surface area contributed by atoms with Crippen LogP contribution in [0.25, 0.3) is 0 Å². The number of non-ortho nitro benzene ring substituents is 1. The molecule has 0 unspecified atom stereocenters. The standard InChI is InChI=1S/C16H17N3O3/c1-2-10-22-16-5-3-4-13(11-16)12-17-18-14-6-8-15(9-7-14)19(20)21/h3-9,11-12,18H,2,10H2,1H3/b17-12+. The van der Waals surface area contributed by atoms with Crippen LogP contribution in [0.15, 0.2) is 53.6 Å². The summed E-state index contributed by atoms with van der Waals surface area (Å²) in [5.41, 5.74) is 4.47. The van der Waals surface area contributed by atoms with E-state index in [1.54, 1.807) is 18.3 Å². The summed E-state index contributed by atoms with van der Waals surface area (Å²) in [5.74, 6) is 0.807. The largest absolute Gasteiger partial charge is 0.494 e. The number of benzene rings is 2. The zero-order chi connectivity index (χ0) is 15.8. The second-order valence-corrected chi connectivity index (χ2v) is 4.59. The van der Waals surface area contributed by atoms with Crippen LogP contribution in [0, 0.1) is 10.1 Å². The second kappa shape index (κ2) is 7.78. The van der Waals surface area contributed by atoms with Crippen LogP contribution in [0.5, 0.6) is 5.75 Å². The van der Waals surface area contributed by atoms with Crippen LogP contribution in [0.3, 0.4) is 0 Å². The lowest BCUT2D eigenvalue weighted by molar-refractivity contribution is -0.384. The van der Waals surface area contributed by atoms with Gasteiger partial charge in [0.05, 0.1) is 23.4 Å². The maximum atomic E-state index is 10.6. The lowest BCUT2D eigenvalue weighted by atomic mass is 10.2. The van der Waals surface area contributed by atoms with Crippen LogP contribution in [-0.2, 0) is 0 Å². The Balaban J connectivity index is 1.95. The molecule has 0 amide bonds. The zero-order valence-corrected chi connectivity index (χ0v) is 12.2. The molecule has 2 rings (SSSR count). The average molecular weight is 299 g/mol. The number of nitro groups is 1. The monoisotopic (exact) mass is 299 g/mol. The van der Waals surface area contributed by atoms with Gasteiger partial charge in [-0.2, -0.15) is 5.10 Å². The first-order valence-corrected chi connectivity index (χ1v) is 6.95. The van der Waals surface area contributed by atoms with Crippen molar-refractivity contribution in [3.8, 4) is 5.75 Å². The van der Waals surface area contributed by atoms with E-state index >= 15 is 0 Å². The molecule has 0 radical (unpaired) electrons. The van der Waals surface area contributed by atoms with Crippen molar-refractivity contribution in [1.29, 1.82) is 0 Å². The van der Waals surface area contributed by atoms with E-state index in [0.717, 1.165) is 17.7 Å². The number of hydrogen-bond acceptors (Lipinski definition) is 5.